The molecule has 1 unspecified atom stereocenters. The maximum absolute atomic E-state index is 12.9. The van der Waals surface area contributed by atoms with Gasteiger partial charge in [0.1, 0.15) is 15.3 Å². The number of carbonyl (C=O) groups excluding carboxylic acids is 1. The van der Waals surface area contributed by atoms with Crippen molar-refractivity contribution in [3.05, 3.63) is 76.1 Å². The van der Waals surface area contributed by atoms with E-state index in [2.05, 4.69) is 0 Å². The van der Waals surface area contributed by atoms with Gasteiger partial charge in [-0.1, -0.05) is 78.8 Å². The molecule has 1 aromatic heterocycles. The fraction of sp³-hybridized carbons (Fsp3) is 0.333. The van der Waals surface area contributed by atoms with E-state index in [9.17, 15) is 9.36 Å². The third-order valence-corrected chi connectivity index (χ3v) is 12.9. The van der Waals surface area contributed by atoms with Crippen molar-refractivity contribution in [2.24, 2.45) is 0 Å². The van der Waals surface area contributed by atoms with E-state index in [-0.39, 0.29) is 25.8 Å². The molecule has 13 heteroatoms. The highest BCUT2D eigenvalue weighted by atomic mass is 33.1. The molecular weight excluding hydrogens is 664 g/mol. The van der Waals surface area contributed by atoms with E-state index in [1.54, 1.807) is 56.1 Å². The molecule has 0 saturated heterocycles. The minimum atomic E-state index is -3.45. The largest absolute Gasteiger partial charge is 0.493 e. The highest BCUT2D eigenvalue weighted by Gasteiger charge is 2.24. The number of hydrogen-bond donors (Lipinski definition) is 0. The molecule has 0 radical (unpaired) electrons. The van der Waals surface area contributed by atoms with Gasteiger partial charge >= 0.3 is 13.8 Å². The molecular formula is C30H33O7PS5. The van der Waals surface area contributed by atoms with Crippen LogP contribution in [0.3, 0.4) is 0 Å². The molecule has 0 saturated carbocycles. The number of phosphoric acid groups is 1. The Hall–Kier alpha value is -1.73. The fourth-order valence-electron chi connectivity index (χ4n) is 3.92. The van der Waals surface area contributed by atoms with Gasteiger partial charge in [0.05, 0.1) is 32.3 Å². The summed E-state index contributed by atoms with van der Waals surface area (Å²) in [6.07, 6.45) is 0. The Bertz CT molecular complexity index is 1580. The summed E-state index contributed by atoms with van der Waals surface area (Å²) in [7, 11) is 3.03. The number of benzene rings is 3. The molecule has 0 aliphatic carbocycles. The molecule has 1 heterocycles. The van der Waals surface area contributed by atoms with Gasteiger partial charge in [0.25, 0.3) is 0 Å². The Labute approximate surface area is 272 Å². The van der Waals surface area contributed by atoms with Crippen LogP contribution in [0.15, 0.2) is 66.7 Å². The van der Waals surface area contributed by atoms with Crippen LogP contribution in [-0.4, -0.2) is 43.9 Å². The quantitative estimate of drug-likeness (QED) is 0.0266. The van der Waals surface area contributed by atoms with Gasteiger partial charge in [-0.2, -0.15) is 0 Å². The van der Waals surface area contributed by atoms with Gasteiger partial charge in [0.2, 0.25) is 0 Å². The highest BCUT2D eigenvalue weighted by Crippen LogP contribution is 2.49. The predicted octanol–water partition coefficient (Wildman–Crippen LogP) is 10.0. The summed E-state index contributed by atoms with van der Waals surface area (Å²) in [5.74, 6) is 2.00. The molecule has 43 heavy (non-hydrogen) atoms. The maximum atomic E-state index is 12.9. The van der Waals surface area contributed by atoms with Crippen LogP contribution in [0.1, 0.15) is 32.3 Å². The normalized spacial score (nSPS) is 12.3. The minimum Gasteiger partial charge on any atom is -0.493 e. The van der Waals surface area contributed by atoms with Crippen LogP contribution in [0.2, 0.25) is 0 Å². The second-order valence-electron chi connectivity index (χ2n) is 9.04. The Morgan fingerprint density at radius 3 is 2.16 bits per heavy atom. The Balaban J connectivity index is 1.21. The standard InChI is InChI=1S/C30H33O7PS5/c1-4-34-38(32,35-5-2)36-15-17-41-40-16-14-33-27-13-10-24-18-23(6-7-25(24)19-27)21(3)30(31)37-26-11-8-22(9-12-26)28-20-29(39)43-42-28/h6-13,18-21H,4-5,14-17H2,1-3H3. The van der Waals surface area contributed by atoms with Crippen LogP contribution in [0, 0.1) is 3.82 Å². The smallest absolute Gasteiger partial charge is 0.474 e. The monoisotopic (exact) mass is 696 g/mol. The van der Waals surface area contributed by atoms with Crippen LogP contribution in [0.25, 0.3) is 21.2 Å². The molecule has 0 aliphatic heterocycles. The summed E-state index contributed by atoms with van der Waals surface area (Å²) in [5, 5.41) is 2.05. The van der Waals surface area contributed by atoms with Crippen molar-refractivity contribution in [1.29, 1.82) is 0 Å². The number of esters is 1. The van der Waals surface area contributed by atoms with Crippen LogP contribution in [0.4, 0.5) is 0 Å². The lowest BCUT2D eigenvalue weighted by atomic mass is 9.98. The number of fused-ring (bicyclic) bond motifs is 1. The van der Waals surface area contributed by atoms with Crippen molar-refractivity contribution in [2.45, 2.75) is 26.7 Å². The molecule has 3 aromatic carbocycles. The summed E-state index contributed by atoms with van der Waals surface area (Å²) in [4.78, 5) is 14.0. The Kier molecular flexibility index (Phi) is 13.6. The number of ether oxygens (including phenoxy) is 2. The Morgan fingerprint density at radius 2 is 1.49 bits per heavy atom. The van der Waals surface area contributed by atoms with E-state index in [0.29, 0.717) is 18.1 Å². The van der Waals surface area contributed by atoms with E-state index < -0.39 is 13.7 Å². The maximum Gasteiger partial charge on any atom is 0.474 e. The number of carbonyl (C=O) groups is 1. The number of rotatable bonds is 17. The van der Waals surface area contributed by atoms with E-state index in [1.165, 1.54) is 0 Å². The van der Waals surface area contributed by atoms with Gasteiger partial charge in [-0.25, -0.2) is 4.57 Å². The van der Waals surface area contributed by atoms with Gasteiger partial charge in [0, 0.05) is 16.4 Å². The SMILES string of the molecule is CCOP(=O)(OCC)OCCSSCCOc1ccc2cc(C(C)C(=O)Oc3ccc(-c4cc(=S)ss4)cc3)ccc2c1. The first-order chi connectivity index (χ1) is 20.8. The van der Waals surface area contributed by atoms with Crippen molar-refractivity contribution < 1.29 is 32.4 Å². The second-order valence-corrected chi connectivity index (χ2v) is 16.3. The fourth-order valence-corrected chi connectivity index (χ4v) is 9.28. The molecule has 4 rings (SSSR count). The predicted molar refractivity (Wildman–Crippen MR) is 184 cm³/mol. The zero-order valence-corrected chi connectivity index (χ0v) is 29.0. The minimum absolute atomic E-state index is 0.268. The molecule has 7 nitrogen and oxygen atoms in total. The van der Waals surface area contributed by atoms with Gasteiger partial charge in [-0.15, -0.1) is 0 Å². The second kappa shape index (κ2) is 17.1. The van der Waals surface area contributed by atoms with E-state index in [0.717, 1.165) is 42.1 Å². The van der Waals surface area contributed by atoms with E-state index >= 15 is 0 Å². The van der Waals surface area contributed by atoms with Crippen LogP contribution >= 0.6 is 62.3 Å². The third-order valence-electron chi connectivity index (χ3n) is 6.02. The van der Waals surface area contributed by atoms with Crippen molar-refractivity contribution in [1.82, 2.24) is 0 Å². The van der Waals surface area contributed by atoms with Gasteiger partial charge < -0.3 is 9.47 Å². The zero-order chi connectivity index (χ0) is 30.7. The molecule has 0 N–H and O–H groups in total. The lowest BCUT2D eigenvalue weighted by Gasteiger charge is -2.15. The summed E-state index contributed by atoms with van der Waals surface area (Å²) in [6.45, 7) is 6.71. The summed E-state index contributed by atoms with van der Waals surface area (Å²) >= 11 is 5.22. The van der Waals surface area contributed by atoms with Crippen molar-refractivity contribution in [3.63, 3.8) is 0 Å². The molecule has 0 amide bonds. The first-order valence-electron chi connectivity index (χ1n) is 13.7. The lowest BCUT2D eigenvalue weighted by Crippen LogP contribution is -2.16. The summed E-state index contributed by atoms with van der Waals surface area (Å²) < 4.78 is 40.3. The van der Waals surface area contributed by atoms with Crippen molar-refractivity contribution >= 4 is 79.1 Å². The average molecular weight is 697 g/mol. The summed E-state index contributed by atoms with van der Waals surface area (Å²) in [5.41, 5.74) is 1.94. The molecule has 4 aromatic rings. The van der Waals surface area contributed by atoms with Gasteiger partial charge in [-0.05, 0) is 85.1 Å². The molecule has 230 valence electrons. The molecule has 0 aliphatic rings. The van der Waals surface area contributed by atoms with Crippen molar-refractivity contribution in [2.75, 3.05) is 37.9 Å². The first-order valence-corrected chi connectivity index (χ1v) is 20.2. The van der Waals surface area contributed by atoms with Crippen LogP contribution in [-0.2, 0) is 22.9 Å². The number of phosphoric ester groups is 1. The summed E-state index contributed by atoms with van der Waals surface area (Å²) in [6, 6.07) is 21.4. The number of hydrogen-bond acceptors (Lipinski definition) is 12. The zero-order valence-electron chi connectivity index (χ0n) is 24.0. The Morgan fingerprint density at radius 1 is 0.837 bits per heavy atom. The third kappa shape index (κ3) is 10.4. The molecule has 0 bridgehead atoms. The van der Waals surface area contributed by atoms with E-state index in [4.69, 9.17) is 35.3 Å². The molecule has 0 spiro atoms. The lowest BCUT2D eigenvalue weighted by molar-refractivity contribution is -0.135. The van der Waals surface area contributed by atoms with Crippen molar-refractivity contribution in [3.8, 4) is 21.9 Å². The highest BCUT2D eigenvalue weighted by molar-refractivity contribution is 8.76. The molecule has 0 fully saturated rings. The van der Waals surface area contributed by atoms with Gasteiger partial charge in [0.15, 0.2) is 0 Å². The average Bonchev–Trinajstić information content (AvgIpc) is 3.44. The topological polar surface area (TPSA) is 80.3 Å². The first kappa shape index (κ1) is 34.1. The van der Waals surface area contributed by atoms with E-state index in [1.807, 2.05) is 73.7 Å². The van der Waals surface area contributed by atoms with Gasteiger partial charge in [-0.3, -0.25) is 18.4 Å². The van der Waals surface area contributed by atoms with Crippen LogP contribution in [0.5, 0.6) is 11.5 Å². The molecule has 1 atom stereocenters. The van der Waals surface area contributed by atoms with Crippen LogP contribution < -0.4 is 9.47 Å².